The number of ether oxygens (including phenoxy) is 1. The lowest BCUT2D eigenvalue weighted by Crippen LogP contribution is -2.25. The summed E-state index contributed by atoms with van der Waals surface area (Å²) in [5.41, 5.74) is 0.00382. The Morgan fingerprint density at radius 1 is 1.50 bits per heavy atom. The molecule has 3 rings (SSSR count). The molecule has 2 fully saturated rings. The van der Waals surface area contributed by atoms with Crippen molar-refractivity contribution in [2.45, 2.75) is 37.7 Å². The number of nitrogens with zero attached hydrogens (tertiary/aromatic N) is 2. The van der Waals surface area contributed by atoms with Gasteiger partial charge in [0.05, 0.1) is 5.41 Å². The number of rotatable bonds is 2. The van der Waals surface area contributed by atoms with E-state index in [-0.39, 0.29) is 11.5 Å². The molecule has 5 heteroatoms. The Morgan fingerprint density at radius 3 is 3.12 bits per heavy atom. The third-order valence-electron chi connectivity index (χ3n) is 3.54. The Hall–Kier alpha value is -0.940. The van der Waals surface area contributed by atoms with Crippen LogP contribution in [0.2, 0.25) is 0 Å². The normalized spacial score (nSPS) is 34.7. The van der Waals surface area contributed by atoms with E-state index in [1.165, 1.54) is 0 Å². The van der Waals surface area contributed by atoms with Crippen LogP contribution in [0.25, 0.3) is 0 Å². The highest BCUT2D eigenvalue weighted by Gasteiger charge is 2.37. The third kappa shape index (κ3) is 1.64. The molecule has 16 heavy (non-hydrogen) atoms. The quantitative estimate of drug-likeness (QED) is 0.815. The van der Waals surface area contributed by atoms with E-state index in [1.807, 2.05) is 0 Å². The summed E-state index contributed by atoms with van der Waals surface area (Å²) in [6.45, 7) is 4.92. The SMILES string of the molecule is CC1(c2nc(C3CCCO3)no2)CCNC1. The zero-order valence-corrected chi connectivity index (χ0v) is 9.53. The molecule has 0 aliphatic carbocycles. The second-order valence-corrected chi connectivity index (χ2v) is 4.95. The molecule has 1 N–H and O–H groups in total. The van der Waals surface area contributed by atoms with Gasteiger partial charge in [-0.05, 0) is 32.7 Å². The highest BCUT2D eigenvalue weighted by atomic mass is 16.5. The van der Waals surface area contributed by atoms with Crippen LogP contribution in [-0.2, 0) is 10.2 Å². The molecule has 0 bridgehead atoms. The van der Waals surface area contributed by atoms with Crippen LogP contribution < -0.4 is 5.32 Å². The number of nitrogens with one attached hydrogen (secondary N) is 1. The topological polar surface area (TPSA) is 60.2 Å². The summed E-state index contributed by atoms with van der Waals surface area (Å²) in [7, 11) is 0. The molecule has 0 amide bonds. The standard InChI is InChI=1S/C11H17N3O2/c1-11(4-5-12-7-11)10-13-9(14-16-10)8-3-2-6-15-8/h8,12H,2-7H2,1H3. The van der Waals surface area contributed by atoms with Crippen molar-refractivity contribution in [1.29, 1.82) is 0 Å². The summed E-state index contributed by atoms with van der Waals surface area (Å²) in [4.78, 5) is 4.50. The highest BCUT2D eigenvalue weighted by Crippen LogP contribution is 2.31. The van der Waals surface area contributed by atoms with Gasteiger partial charge in [0.15, 0.2) is 0 Å². The Labute approximate surface area is 94.6 Å². The monoisotopic (exact) mass is 223 g/mol. The van der Waals surface area contributed by atoms with Gasteiger partial charge in [0.2, 0.25) is 11.7 Å². The van der Waals surface area contributed by atoms with Crippen molar-refractivity contribution in [2.75, 3.05) is 19.7 Å². The minimum atomic E-state index is 0.00382. The maximum Gasteiger partial charge on any atom is 0.234 e. The van der Waals surface area contributed by atoms with Gasteiger partial charge in [-0.1, -0.05) is 5.16 Å². The molecular formula is C11H17N3O2. The molecule has 5 nitrogen and oxygen atoms in total. The number of aromatic nitrogens is 2. The summed E-state index contributed by atoms with van der Waals surface area (Å²) in [5.74, 6) is 1.48. The summed E-state index contributed by atoms with van der Waals surface area (Å²) in [5, 5.41) is 7.38. The summed E-state index contributed by atoms with van der Waals surface area (Å²) in [6.07, 6.45) is 3.21. The first-order valence-corrected chi connectivity index (χ1v) is 5.94. The second kappa shape index (κ2) is 3.82. The average Bonchev–Trinajstić information content (AvgIpc) is 2.98. The molecule has 1 aromatic rings. The van der Waals surface area contributed by atoms with Gasteiger partial charge in [0, 0.05) is 13.2 Å². The lowest BCUT2D eigenvalue weighted by molar-refractivity contribution is 0.103. The van der Waals surface area contributed by atoms with Crippen LogP contribution in [0.4, 0.5) is 0 Å². The highest BCUT2D eigenvalue weighted by molar-refractivity contribution is 5.08. The van der Waals surface area contributed by atoms with Crippen molar-refractivity contribution >= 4 is 0 Å². The summed E-state index contributed by atoms with van der Waals surface area (Å²) >= 11 is 0. The van der Waals surface area contributed by atoms with Crippen molar-refractivity contribution < 1.29 is 9.26 Å². The molecule has 0 radical (unpaired) electrons. The van der Waals surface area contributed by atoms with Gasteiger partial charge < -0.3 is 14.6 Å². The molecule has 2 aliphatic heterocycles. The van der Waals surface area contributed by atoms with Gasteiger partial charge >= 0.3 is 0 Å². The van der Waals surface area contributed by atoms with Gasteiger partial charge in [0.25, 0.3) is 0 Å². The zero-order chi connectivity index (χ0) is 11.0. The predicted molar refractivity (Wildman–Crippen MR) is 57.1 cm³/mol. The van der Waals surface area contributed by atoms with E-state index in [1.54, 1.807) is 0 Å². The van der Waals surface area contributed by atoms with Crippen molar-refractivity contribution in [3.8, 4) is 0 Å². The second-order valence-electron chi connectivity index (χ2n) is 4.95. The maximum absolute atomic E-state index is 5.55. The van der Waals surface area contributed by atoms with E-state index in [9.17, 15) is 0 Å². The van der Waals surface area contributed by atoms with Crippen LogP contribution in [0.5, 0.6) is 0 Å². The molecule has 1 aromatic heterocycles. The molecule has 0 aromatic carbocycles. The van der Waals surface area contributed by atoms with E-state index in [0.29, 0.717) is 0 Å². The largest absolute Gasteiger partial charge is 0.370 e. The summed E-state index contributed by atoms with van der Waals surface area (Å²) in [6, 6.07) is 0. The van der Waals surface area contributed by atoms with Gasteiger partial charge in [-0.25, -0.2) is 0 Å². The van der Waals surface area contributed by atoms with Crippen LogP contribution in [0.15, 0.2) is 4.52 Å². The van der Waals surface area contributed by atoms with Gasteiger partial charge in [0.1, 0.15) is 6.10 Å². The van der Waals surface area contributed by atoms with Gasteiger partial charge in [-0.2, -0.15) is 4.98 Å². The Bertz CT molecular complexity index is 365. The first-order chi connectivity index (χ1) is 7.78. The van der Waals surface area contributed by atoms with E-state index in [0.717, 1.165) is 50.7 Å². The van der Waals surface area contributed by atoms with E-state index < -0.39 is 0 Å². The van der Waals surface area contributed by atoms with E-state index in [4.69, 9.17) is 9.26 Å². The van der Waals surface area contributed by atoms with Crippen LogP contribution in [0.3, 0.4) is 0 Å². The molecular weight excluding hydrogens is 206 g/mol. The zero-order valence-electron chi connectivity index (χ0n) is 9.53. The summed E-state index contributed by atoms with van der Waals surface area (Å²) < 4.78 is 10.9. The molecule has 88 valence electrons. The van der Waals surface area contributed by atoms with Crippen molar-refractivity contribution in [3.63, 3.8) is 0 Å². The lowest BCUT2D eigenvalue weighted by Gasteiger charge is -2.16. The molecule has 2 aliphatic rings. The smallest absolute Gasteiger partial charge is 0.234 e. The van der Waals surface area contributed by atoms with Gasteiger partial charge in [-0.15, -0.1) is 0 Å². The van der Waals surface area contributed by atoms with Crippen molar-refractivity contribution in [3.05, 3.63) is 11.7 Å². The van der Waals surface area contributed by atoms with Gasteiger partial charge in [-0.3, -0.25) is 0 Å². The molecule has 2 saturated heterocycles. The van der Waals surface area contributed by atoms with E-state index in [2.05, 4.69) is 22.4 Å². The molecule has 2 atom stereocenters. The lowest BCUT2D eigenvalue weighted by atomic mass is 9.90. The predicted octanol–water partition coefficient (Wildman–Crippen LogP) is 1.17. The van der Waals surface area contributed by atoms with Crippen molar-refractivity contribution in [2.24, 2.45) is 0 Å². The molecule has 2 unspecified atom stereocenters. The van der Waals surface area contributed by atoms with Crippen LogP contribution >= 0.6 is 0 Å². The first kappa shape index (κ1) is 10.2. The first-order valence-electron chi connectivity index (χ1n) is 5.94. The Kier molecular flexibility index (Phi) is 2.44. The minimum Gasteiger partial charge on any atom is -0.370 e. The Balaban J connectivity index is 1.81. The fourth-order valence-corrected chi connectivity index (χ4v) is 2.39. The molecule has 0 spiro atoms. The van der Waals surface area contributed by atoms with Crippen LogP contribution in [0.1, 0.15) is 44.0 Å². The number of hydrogen-bond donors (Lipinski definition) is 1. The van der Waals surface area contributed by atoms with Crippen molar-refractivity contribution in [1.82, 2.24) is 15.5 Å². The fraction of sp³-hybridized carbons (Fsp3) is 0.818. The molecule has 0 saturated carbocycles. The fourth-order valence-electron chi connectivity index (χ4n) is 2.39. The van der Waals surface area contributed by atoms with Crippen LogP contribution in [0, 0.1) is 0 Å². The molecule has 3 heterocycles. The van der Waals surface area contributed by atoms with E-state index >= 15 is 0 Å². The average molecular weight is 223 g/mol. The van der Waals surface area contributed by atoms with Crippen LogP contribution in [-0.4, -0.2) is 29.8 Å². The maximum atomic E-state index is 5.55. The third-order valence-corrected chi connectivity index (χ3v) is 3.54. The number of hydrogen-bond acceptors (Lipinski definition) is 5. The Morgan fingerprint density at radius 2 is 2.44 bits per heavy atom. The minimum absolute atomic E-state index is 0.00382.